The van der Waals surface area contributed by atoms with Crippen LogP contribution in [0.1, 0.15) is 68.9 Å². The first-order chi connectivity index (χ1) is 17.5. The number of amides is 1. The Morgan fingerprint density at radius 3 is 2.22 bits per heavy atom. The summed E-state index contributed by atoms with van der Waals surface area (Å²) in [4.78, 5) is 20.5. The molecule has 6 aliphatic rings. The predicted octanol–water partition coefficient (Wildman–Crippen LogP) is 4.71. The van der Waals surface area contributed by atoms with Gasteiger partial charge in [0.15, 0.2) is 0 Å². The molecule has 1 heterocycles. The second-order valence-electron chi connectivity index (χ2n) is 12.7. The molecule has 4 bridgehead atoms. The zero-order valence-corrected chi connectivity index (χ0v) is 21.2. The third kappa shape index (κ3) is 3.58. The normalized spacial score (nSPS) is 42.4. The molecule has 3 atom stereocenters. The van der Waals surface area contributed by atoms with Crippen molar-refractivity contribution in [1.82, 2.24) is 10.4 Å². The molecule has 6 fully saturated rings. The smallest absolute Gasteiger partial charge is 0.226 e. The monoisotopic (exact) mass is 485 g/mol. The van der Waals surface area contributed by atoms with Crippen LogP contribution < -0.4 is 11.1 Å². The first-order valence-corrected chi connectivity index (χ1v) is 14.1. The summed E-state index contributed by atoms with van der Waals surface area (Å²) in [6.07, 6.45) is 9.42. The summed E-state index contributed by atoms with van der Waals surface area (Å²) >= 11 is 0. The minimum absolute atomic E-state index is 0.109. The van der Waals surface area contributed by atoms with Gasteiger partial charge in [-0.25, -0.2) is 0 Å². The minimum atomic E-state index is -0.250. The third-order valence-corrected chi connectivity index (χ3v) is 10.6. The molecule has 36 heavy (non-hydrogen) atoms. The Bertz CT molecular complexity index is 1100. The number of nitrogens with one attached hydrogen (secondary N) is 1. The Morgan fingerprint density at radius 1 is 0.917 bits per heavy atom. The van der Waals surface area contributed by atoms with Crippen molar-refractivity contribution < 1.29 is 9.63 Å². The Morgan fingerprint density at radius 2 is 1.56 bits per heavy atom. The summed E-state index contributed by atoms with van der Waals surface area (Å²) in [6, 6.07) is 22.1. The van der Waals surface area contributed by atoms with Crippen molar-refractivity contribution in [3.63, 3.8) is 0 Å². The largest absolute Gasteiger partial charge is 0.353 e. The SMILES string of the molecule is N[C@H]1CC[C@H](NC(=O)C23CC4CC(c5ccccc5)(CC(C2)C42CN2OCc2ccccc2)C3)CC1. The van der Waals surface area contributed by atoms with Gasteiger partial charge in [0.2, 0.25) is 5.91 Å². The highest BCUT2D eigenvalue weighted by Crippen LogP contribution is 2.73. The first kappa shape index (κ1) is 22.9. The van der Waals surface area contributed by atoms with Crippen molar-refractivity contribution in [2.24, 2.45) is 23.0 Å². The Labute approximate surface area is 214 Å². The molecule has 1 spiro atoms. The zero-order valence-electron chi connectivity index (χ0n) is 21.2. The molecule has 1 amide bonds. The maximum atomic E-state index is 14.1. The number of rotatable bonds is 6. The van der Waals surface area contributed by atoms with E-state index in [4.69, 9.17) is 10.6 Å². The lowest BCUT2D eigenvalue weighted by molar-refractivity contribution is -0.185. The molecule has 5 saturated carbocycles. The molecule has 190 valence electrons. The molecule has 2 aromatic rings. The van der Waals surface area contributed by atoms with Crippen LogP contribution in [0.25, 0.3) is 0 Å². The van der Waals surface area contributed by atoms with Gasteiger partial charge < -0.3 is 11.1 Å². The molecular formula is C31H39N3O2. The molecular weight excluding hydrogens is 446 g/mol. The van der Waals surface area contributed by atoms with Crippen molar-refractivity contribution in [1.29, 1.82) is 0 Å². The fourth-order valence-corrected chi connectivity index (χ4v) is 8.92. The summed E-state index contributed by atoms with van der Waals surface area (Å²) in [5, 5.41) is 5.82. The molecule has 5 nitrogen and oxygen atoms in total. The molecule has 2 aromatic carbocycles. The van der Waals surface area contributed by atoms with E-state index in [-0.39, 0.29) is 16.4 Å². The van der Waals surface area contributed by atoms with Crippen molar-refractivity contribution in [2.45, 2.75) is 87.4 Å². The maximum absolute atomic E-state index is 14.1. The summed E-state index contributed by atoms with van der Waals surface area (Å²) in [5.74, 6) is 1.32. The number of carbonyl (C=O) groups excluding carboxylic acids is 1. The third-order valence-electron chi connectivity index (χ3n) is 10.6. The van der Waals surface area contributed by atoms with Gasteiger partial charge in [0.1, 0.15) is 0 Å². The number of carbonyl (C=O) groups is 1. The molecule has 1 saturated heterocycles. The van der Waals surface area contributed by atoms with Gasteiger partial charge in [-0.1, -0.05) is 60.7 Å². The van der Waals surface area contributed by atoms with Gasteiger partial charge in [-0.05, 0) is 86.2 Å². The van der Waals surface area contributed by atoms with Crippen LogP contribution >= 0.6 is 0 Å². The average Bonchev–Trinajstić information content (AvgIpc) is 3.63. The van der Waals surface area contributed by atoms with Crippen molar-refractivity contribution >= 4 is 5.91 Å². The highest BCUT2D eigenvalue weighted by Gasteiger charge is 2.76. The lowest BCUT2D eigenvalue weighted by Gasteiger charge is -2.64. The fraction of sp³-hybridized carbons (Fsp3) is 0.581. The maximum Gasteiger partial charge on any atom is 0.226 e. The van der Waals surface area contributed by atoms with E-state index in [1.807, 2.05) is 0 Å². The zero-order chi connectivity index (χ0) is 24.4. The van der Waals surface area contributed by atoms with Crippen LogP contribution in [0.2, 0.25) is 0 Å². The summed E-state index contributed by atoms with van der Waals surface area (Å²) in [7, 11) is 0. The summed E-state index contributed by atoms with van der Waals surface area (Å²) in [6.45, 7) is 1.64. The molecule has 5 heteroatoms. The summed E-state index contributed by atoms with van der Waals surface area (Å²) in [5.41, 5.74) is 8.77. The van der Waals surface area contributed by atoms with Crippen LogP contribution in [0.3, 0.4) is 0 Å². The molecule has 1 aliphatic heterocycles. The van der Waals surface area contributed by atoms with Crippen LogP contribution in [-0.2, 0) is 21.7 Å². The number of hydrogen-bond donors (Lipinski definition) is 2. The molecule has 0 radical (unpaired) electrons. The quantitative estimate of drug-likeness (QED) is 0.582. The summed E-state index contributed by atoms with van der Waals surface area (Å²) < 4.78 is 0. The van der Waals surface area contributed by atoms with Gasteiger partial charge in [-0.3, -0.25) is 9.63 Å². The Kier molecular flexibility index (Phi) is 5.36. The molecule has 3 N–H and O–H groups in total. The molecule has 0 aromatic heterocycles. The highest BCUT2D eigenvalue weighted by atomic mass is 16.7. The number of nitrogens with two attached hydrogens (primary N) is 1. The minimum Gasteiger partial charge on any atom is -0.353 e. The van der Waals surface area contributed by atoms with Gasteiger partial charge in [0.25, 0.3) is 0 Å². The highest BCUT2D eigenvalue weighted by molar-refractivity contribution is 5.84. The van der Waals surface area contributed by atoms with Crippen LogP contribution in [0.5, 0.6) is 0 Å². The van der Waals surface area contributed by atoms with Crippen molar-refractivity contribution in [2.75, 3.05) is 6.54 Å². The standard InChI is InChI=1S/C31H39N3O2/c32-26-11-13-27(14-12-26)33-28(35)30-17-24-15-29(20-30,23-9-5-2-6-10-23)16-25(18-30)31(24)21-34(31)36-19-22-7-3-1-4-8-22/h1-10,24-27H,11-21,32H2,(H,33,35)/t24?,25?,26-,27-,29?,30?,31?,34?. The second-order valence-corrected chi connectivity index (χ2v) is 12.7. The fourth-order valence-electron chi connectivity index (χ4n) is 8.92. The number of hydrogen-bond acceptors (Lipinski definition) is 4. The lowest BCUT2D eigenvalue weighted by atomic mass is 9.39. The molecule has 8 rings (SSSR count). The van der Waals surface area contributed by atoms with Gasteiger partial charge in [0.05, 0.1) is 17.6 Å². The predicted molar refractivity (Wildman–Crippen MR) is 140 cm³/mol. The van der Waals surface area contributed by atoms with E-state index in [9.17, 15) is 4.79 Å². The van der Waals surface area contributed by atoms with Gasteiger partial charge in [-0.15, -0.1) is 0 Å². The molecule has 5 aliphatic carbocycles. The Hall–Kier alpha value is -2.21. The van der Waals surface area contributed by atoms with Crippen molar-refractivity contribution in [3.8, 4) is 0 Å². The van der Waals surface area contributed by atoms with Gasteiger partial charge in [0, 0.05) is 18.6 Å². The van der Waals surface area contributed by atoms with E-state index in [1.165, 1.54) is 24.0 Å². The number of nitrogens with zero attached hydrogens (tertiary/aromatic N) is 1. The molecule has 3 unspecified atom stereocenters. The first-order valence-electron chi connectivity index (χ1n) is 14.1. The van der Waals surface area contributed by atoms with E-state index in [0.717, 1.165) is 51.5 Å². The van der Waals surface area contributed by atoms with E-state index >= 15 is 0 Å². The average molecular weight is 486 g/mol. The van der Waals surface area contributed by atoms with Gasteiger partial charge >= 0.3 is 0 Å². The second kappa shape index (κ2) is 8.41. The van der Waals surface area contributed by atoms with E-state index in [0.29, 0.717) is 36.4 Å². The van der Waals surface area contributed by atoms with Crippen molar-refractivity contribution in [3.05, 3.63) is 71.8 Å². The van der Waals surface area contributed by atoms with Crippen LogP contribution in [0.15, 0.2) is 60.7 Å². The number of benzene rings is 2. The van der Waals surface area contributed by atoms with E-state index in [1.54, 1.807) is 0 Å². The van der Waals surface area contributed by atoms with Crippen LogP contribution in [0.4, 0.5) is 0 Å². The topological polar surface area (TPSA) is 67.4 Å². The van der Waals surface area contributed by atoms with Crippen LogP contribution in [-0.4, -0.2) is 35.1 Å². The number of hydroxylamine groups is 2. The van der Waals surface area contributed by atoms with E-state index < -0.39 is 0 Å². The Balaban J connectivity index is 1.15. The lowest BCUT2D eigenvalue weighted by Crippen LogP contribution is -2.66. The van der Waals surface area contributed by atoms with Gasteiger partial charge in [-0.2, -0.15) is 5.06 Å². The van der Waals surface area contributed by atoms with E-state index in [2.05, 4.69) is 71.0 Å². The van der Waals surface area contributed by atoms with Crippen LogP contribution in [0, 0.1) is 17.3 Å².